The molecule has 3 N–H and O–H groups in total. The van der Waals surface area contributed by atoms with Gasteiger partial charge in [0.15, 0.2) is 0 Å². The highest BCUT2D eigenvalue weighted by atomic mass is 79.9. The summed E-state index contributed by atoms with van der Waals surface area (Å²) in [5.74, 6) is -0.0933. The van der Waals surface area contributed by atoms with Gasteiger partial charge in [-0.15, -0.1) is 0 Å². The fraction of sp³-hybridized carbons (Fsp3) is 0.462. The van der Waals surface area contributed by atoms with Gasteiger partial charge in [0.1, 0.15) is 0 Å². The molecule has 0 unspecified atom stereocenters. The van der Waals surface area contributed by atoms with Crippen molar-refractivity contribution in [1.82, 2.24) is 0 Å². The van der Waals surface area contributed by atoms with Crippen molar-refractivity contribution in [3.8, 4) is 0 Å². The number of carbonyl (C=O) groups excluding carboxylic acids is 1. The van der Waals surface area contributed by atoms with Crippen molar-refractivity contribution in [2.75, 3.05) is 12.4 Å². The number of anilines is 1. The van der Waals surface area contributed by atoms with Crippen molar-refractivity contribution in [1.29, 1.82) is 0 Å². The molecule has 5 heteroatoms. The maximum Gasteiger partial charge on any atom is 0.221 e. The van der Waals surface area contributed by atoms with Crippen LogP contribution >= 0.6 is 27.5 Å². The molecule has 0 saturated carbocycles. The lowest BCUT2D eigenvalue weighted by Gasteiger charge is -2.02. The summed E-state index contributed by atoms with van der Waals surface area (Å²) in [6, 6.07) is 5.22. The summed E-state index contributed by atoms with van der Waals surface area (Å²) in [6.07, 6.45) is 2.64. The van der Waals surface area contributed by atoms with Crippen LogP contribution < -0.4 is 11.1 Å². The van der Waals surface area contributed by atoms with E-state index in [2.05, 4.69) is 40.8 Å². The predicted molar refractivity (Wildman–Crippen MR) is 84.1 cm³/mol. The van der Waals surface area contributed by atoms with Crippen molar-refractivity contribution in [3.05, 3.63) is 27.7 Å². The average molecular weight is 338 g/mol. The van der Waals surface area contributed by atoms with E-state index in [1.54, 1.807) is 18.2 Å². The van der Waals surface area contributed by atoms with Crippen molar-refractivity contribution in [3.63, 3.8) is 0 Å². The minimum Gasteiger partial charge on any atom is -0.333 e. The number of halogens is 2. The first-order valence-electron chi connectivity index (χ1n) is 5.81. The molecule has 104 valence electrons. The smallest absolute Gasteiger partial charge is 0.221 e. The van der Waals surface area contributed by atoms with Gasteiger partial charge in [0.2, 0.25) is 5.91 Å². The fourth-order valence-corrected chi connectivity index (χ4v) is 1.27. The fourth-order valence-electron chi connectivity index (χ4n) is 0.777. The molecule has 0 aliphatic heterocycles. The lowest BCUT2D eigenvalue weighted by atomic mass is 10.3. The van der Waals surface area contributed by atoms with Gasteiger partial charge in [-0.2, -0.15) is 0 Å². The van der Waals surface area contributed by atoms with Gasteiger partial charge in [-0.25, -0.2) is 0 Å². The molecule has 0 saturated heterocycles. The van der Waals surface area contributed by atoms with Crippen LogP contribution in [0.5, 0.6) is 0 Å². The highest BCUT2D eigenvalue weighted by molar-refractivity contribution is 9.10. The molecule has 0 fully saturated rings. The molecule has 0 aliphatic carbocycles. The Hall–Kier alpha value is -0.580. The highest BCUT2D eigenvalue weighted by Crippen LogP contribution is 2.25. The molecular weight excluding hydrogens is 316 g/mol. The van der Waals surface area contributed by atoms with Gasteiger partial charge in [0, 0.05) is 17.1 Å². The number of carbonyl (C=O) groups is 1. The Bertz CT molecular complexity index is 344. The zero-order chi connectivity index (χ0) is 14.6. The van der Waals surface area contributed by atoms with E-state index in [9.17, 15) is 4.79 Å². The quantitative estimate of drug-likeness (QED) is 0.838. The standard InChI is InChI=1S/C8H7BrClNO.C4H10.CH5N/c1-5(12)11-6-2-3-8(10)7(9)4-6;1-3-4-2;1-2/h2-4H,1H3,(H,11,12);3-4H2,1-2H3;2H2,1H3. The first-order chi connectivity index (χ1) is 8.51. The zero-order valence-electron chi connectivity index (χ0n) is 11.4. The molecule has 1 amide bonds. The number of amides is 1. The van der Waals surface area contributed by atoms with Crippen LogP contribution in [0.3, 0.4) is 0 Å². The van der Waals surface area contributed by atoms with Gasteiger partial charge >= 0.3 is 0 Å². The molecule has 0 aromatic heterocycles. The van der Waals surface area contributed by atoms with Gasteiger partial charge in [-0.3, -0.25) is 4.79 Å². The minimum atomic E-state index is -0.0933. The van der Waals surface area contributed by atoms with E-state index in [-0.39, 0.29) is 5.91 Å². The van der Waals surface area contributed by atoms with Gasteiger partial charge in [-0.1, -0.05) is 38.3 Å². The van der Waals surface area contributed by atoms with E-state index in [1.807, 2.05) is 0 Å². The molecule has 3 nitrogen and oxygen atoms in total. The molecule has 1 rings (SSSR count). The van der Waals surface area contributed by atoms with E-state index in [4.69, 9.17) is 11.6 Å². The normalized spacial score (nSPS) is 8.39. The number of unbranched alkanes of at least 4 members (excludes halogenated alkanes) is 1. The average Bonchev–Trinajstić information content (AvgIpc) is 2.36. The van der Waals surface area contributed by atoms with E-state index in [1.165, 1.54) is 26.8 Å². The molecule has 0 aliphatic rings. The van der Waals surface area contributed by atoms with Crippen molar-refractivity contribution in [2.45, 2.75) is 33.6 Å². The topological polar surface area (TPSA) is 55.1 Å². The molecule has 0 atom stereocenters. The monoisotopic (exact) mass is 336 g/mol. The predicted octanol–water partition coefficient (Wildman–Crippen LogP) is 4.44. The summed E-state index contributed by atoms with van der Waals surface area (Å²) in [5.41, 5.74) is 5.23. The summed E-state index contributed by atoms with van der Waals surface area (Å²) in [6.45, 7) is 5.82. The van der Waals surface area contributed by atoms with Crippen molar-refractivity contribution in [2.24, 2.45) is 5.73 Å². The largest absolute Gasteiger partial charge is 0.333 e. The first-order valence-corrected chi connectivity index (χ1v) is 6.98. The van der Waals surface area contributed by atoms with Crippen LogP contribution in [0.2, 0.25) is 5.02 Å². The number of hydrogen-bond donors (Lipinski definition) is 2. The van der Waals surface area contributed by atoms with Gasteiger partial charge in [-0.05, 0) is 41.2 Å². The third-order valence-electron chi connectivity index (χ3n) is 1.74. The third kappa shape index (κ3) is 10.6. The molecule has 18 heavy (non-hydrogen) atoms. The maximum absolute atomic E-state index is 10.6. The molecular formula is C13H22BrClN2O. The Labute approximate surface area is 123 Å². The lowest BCUT2D eigenvalue weighted by molar-refractivity contribution is -0.114. The van der Waals surface area contributed by atoms with Crippen LogP contribution in [0.4, 0.5) is 5.69 Å². The Morgan fingerprint density at radius 1 is 1.33 bits per heavy atom. The van der Waals surface area contributed by atoms with Crippen LogP contribution in [0.1, 0.15) is 33.6 Å². The van der Waals surface area contributed by atoms with Crippen LogP contribution in [0.15, 0.2) is 22.7 Å². The summed E-state index contributed by atoms with van der Waals surface area (Å²) >= 11 is 9.01. The summed E-state index contributed by atoms with van der Waals surface area (Å²) in [4.78, 5) is 10.6. The molecule has 0 heterocycles. The maximum atomic E-state index is 10.6. The highest BCUT2D eigenvalue weighted by Gasteiger charge is 1.99. The number of nitrogens with two attached hydrogens (primary N) is 1. The number of hydrogen-bond acceptors (Lipinski definition) is 2. The van der Waals surface area contributed by atoms with Crippen LogP contribution in [-0.4, -0.2) is 13.0 Å². The van der Waals surface area contributed by atoms with E-state index < -0.39 is 0 Å². The lowest BCUT2D eigenvalue weighted by Crippen LogP contribution is -2.05. The van der Waals surface area contributed by atoms with Gasteiger partial charge < -0.3 is 11.1 Å². The number of benzene rings is 1. The Balaban J connectivity index is 0. The molecule has 1 aromatic carbocycles. The van der Waals surface area contributed by atoms with Crippen LogP contribution in [0, 0.1) is 0 Å². The van der Waals surface area contributed by atoms with E-state index >= 15 is 0 Å². The third-order valence-corrected chi connectivity index (χ3v) is 2.95. The summed E-state index contributed by atoms with van der Waals surface area (Å²) in [5, 5.41) is 3.27. The second-order valence-corrected chi connectivity index (χ2v) is 4.57. The molecule has 0 radical (unpaired) electrons. The van der Waals surface area contributed by atoms with Crippen molar-refractivity contribution >= 4 is 39.1 Å². The van der Waals surface area contributed by atoms with Crippen LogP contribution in [0.25, 0.3) is 0 Å². The first kappa shape index (κ1) is 19.8. The van der Waals surface area contributed by atoms with Crippen LogP contribution in [-0.2, 0) is 4.79 Å². The number of rotatable bonds is 2. The Morgan fingerprint density at radius 3 is 2.17 bits per heavy atom. The Morgan fingerprint density at radius 2 is 1.83 bits per heavy atom. The Kier molecular flexibility index (Phi) is 14.1. The zero-order valence-corrected chi connectivity index (χ0v) is 13.7. The second-order valence-electron chi connectivity index (χ2n) is 3.31. The SMILES string of the molecule is CC(=O)Nc1ccc(Cl)c(Br)c1.CCCC.CN. The van der Waals surface area contributed by atoms with Gasteiger partial charge in [0.05, 0.1) is 5.02 Å². The number of nitrogens with one attached hydrogen (secondary N) is 1. The molecule has 0 bridgehead atoms. The van der Waals surface area contributed by atoms with Crippen molar-refractivity contribution < 1.29 is 4.79 Å². The molecule has 0 spiro atoms. The summed E-state index contributed by atoms with van der Waals surface area (Å²) < 4.78 is 0.774. The van der Waals surface area contributed by atoms with E-state index in [0.717, 1.165) is 10.2 Å². The van der Waals surface area contributed by atoms with Gasteiger partial charge in [0.25, 0.3) is 0 Å². The summed E-state index contributed by atoms with van der Waals surface area (Å²) in [7, 11) is 1.50. The van der Waals surface area contributed by atoms with E-state index in [0.29, 0.717) is 5.02 Å². The second kappa shape index (κ2) is 12.9. The minimum absolute atomic E-state index is 0.0933. The molecule has 1 aromatic rings.